The average molecular weight is 216 g/mol. The predicted octanol–water partition coefficient (Wildman–Crippen LogP) is 0.853. The van der Waals surface area contributed by atoms with E-state index in [4.69, 9.17) is 10.5 Å². The van der Waals surface area contributed by atoms with Crippen LogP contribution >= 0.6 is 0 Å². The van der Waals surface area contributed by atoms with Crippen LogP contribution < -0.4 is 5.73 Å². The van der Waals surface area contributed by atoms with Crippen LogP contribution in [0.15, 0.2) is 0 Å². The molecule has 0 aromatic rings. The molecule has 0 aliphatic heterocycles. The minimum Gasteiger partial charge on any atom is -0.383 e. The maximum absolute atomic E-state index is 11.9. The van der Waals surface area contributed by atoms with Gasteiger partial charge in [-0.25, -0.2) is 0 Å². The largest absolute Gasteiger partial charge is 0.383 e. The van der Waals surface area contributed by atoms with Gasteiger partial charge in [-0.15, -0.1) is 0 Å². The Morgan fingerprint density at radius 3 is 2.40 bits per heavy atom. The molecule has 0 aliphatic rings. The molecule has 90 valence electrons. The van der Waals surface area contributed by atoms with Crippen molar-refractivity contribution in [2.75, 3.05) is 20.8 Å². The zero-order valence-corrected chi connectivity index (χ0v) is 10.5. The van der Waals surface area contributed by atoms with Crippen LogP contribution in [-0.2, 0) is 9.53 Å². The number of likely N-dealkylation sites (N-methyl/N-ethyl adjacent to an activating group) is 1. The van der Waals surface area contributed by atoms with Crippen LogP contribution in [0.4, 0.5) is 0 Å². The Labute approximate surface area is 92.8 Å². The first-order valence-corrected chi connectivity index (χ1v) is 5.46. The van der Waals surface area contributed by atoms with Crippen LogP contribution in [0.3, 0.4) is 0 Å². The molecule has 0 fully saturated rings. The van der Waals surface area contributed by atoms with E-state index in [1.807, 2.05) is 20.8 Å². The van der Waals surface area contributed by atoms with Gasteiger partial charge in [-0.05, 0) is 12.8 Å². The number of ether oxygens (including phenoxy) is 1. The summed E-state index contributed by atoms with van der Waals surface area (Å²) in [7, 11) is 3.40. The molecule has 0 aromatic carbocycles. The van der Waals surface area contributed by atoms with Crippen LogP contribution in [0.2, 0.25) is 0 Å². The molecule has 1 unspecified atom stereocenters. The summed E-state index contributed by atoms with van der Waals surface area (Å²) in [5, 5.41) is 0. The molecule has 4 nitrogen and oxygen atoms in total. The molecule has 15 heavy (non-hydrogen) atoms. The lowest BCUT2D eigenvalue weighted by molar-refractivity contribution is -0.135. The summed E-state index contributed by atoms with van der Waals surface area (Å²) < 4.78 is 5.01. The predicted molar refractivity (Wildman–Crippen MR) is 61.5 cm³/mol. The second kappa shape index (κ2) is 6.80. The first-order valence-electron chi connectivity index (χ1n) is 5.46. The van der Waals surface area contributed by atoms with E-state index in [0.29, 0.717) is 6.61 Å². The van der Waals surface area contributed by atoms with Gasteiger partial charge in [0.1, 0.15) is 0 Å². The molecule has 0 saturated heterocycles. The SMILES string of the molecule is CC[C@H](C)[C@H](N)C(=O)N(C)C(C)COC. The minimum atomic E-state index is -0.403. The molecule has 0 rings (SSSR count). The number of carbonyl (C=O) groups excluding carboxylic acids is 1. The van der Waals surface area contributed by atoms with Gasteiger partial charge in [0.15, 0.2) is 0 Å². The summed E-state index contributed by atoms with van der Waals surface area (Å²) in [6.07, 6.45) is 0.916. The summed E-state index contributed by atoms with van der Waals surface area (Å²) in [4.78, 5) is 13.6. The third-order valence-corrected chi connectivity index (χ3v) is 2.96. The Kier molecular flexibility index (Phi) is 6.52. The molecule has 0 spiro atoms. The number of carbonyl (C=O) groups is 1. The summed E-state index contributed by atoms with van der Waals surface area (Å²) in [5.74, 6) is 0.212. The fraction of sp³-hybridized carbons (Fsp3) is 0.909. The Balaban J connectivity index is 4.30. The molecule has 4 heteroatoms. The van der Waals surface area contributed by atoms with Crippen molar-refractivity contribution in [2.24, 2.45) is 11.7 Å². The molecular weight excluding hydrogens is 192 g/mol. The number of methoxy groups -OCH3 is 1. The number of hydrogen-bond donors (Lipinski definition) is 1. The number of nitrogens with zero attached hydrogens (tertiary/aromatic N) is 1. The van der Waals surface area contributed by atoms with Gasteiger partial charge in [-0.1, -0.05) is 20.3 Å². The average Bonchev–Trinajstić information content (AvgIpc) is 2.25. The van der Waals surface area contributed by atoms with Gasteiger partial charge in [0.25, 0.3) is 0 Å². The van der Waals surface area contributed by atoms with Crippen LogP contribution in [-0.4, -0.2) is 43.7 Å². The minimum absolute atomic E-state index is 0.00565. The van der Waals surface area contributed by atoms with E-state index in [1.54, 1.807) is 19.1 Å². The van der Waals surface area contributed by atoms with Gasteiger partial charge >= 0.3 is 0 Å². The fourth-order valence-electron chi connectivity index (χ4n) is 1.30. The van der Waals surface area contributed by atoms with Crippen LogP contribution in [0.1, 0.15) is 27.2 Å². The van der Waals surface area contributed by atoms with Crippen molar-refractivity contribution in [3.8, 4) is 0 Å². The van der Waals surface area contributed by atoms with E-state index < -0.39 is 6.04 Å². The van der Waals surface area contributed by atoms with E-state index in [-0.39, 0.29) is 17.9 Å². The second-order valence-corrected chi connectivity index (χ2v) is 4.16. The molecule has 0 bridgehead atoms. The highest BCUT2D eigenvalue weighted by atomic mass is 16.5. The summed E-state index contributed by atoms with van der Waals surface area (Å²) in [5.41, 5.74) is 5.87. The summed E-state index contributed by atoms with van der Waals surface area (Å²) in [6, 6.07) is -0.336. The van der Waals surface area contributed by atoms with Crippen molar-refractivity contribution in [3.05, 3.63) is 0 Å². The van der Waals surface area contributed by atoms with E-state index >= 15 is 0 Å². The Morgan fingerprint density at radius 2 is 2.00 bits per heavy atom. The molecule has 1 amide bonds. The standard InChI is InChI=1S/C11H24N2O2/c1-6-8(2)10(12)11(14)13(4)9(3)7-15-5/h8-10H,6-7,12H2,1-5H3/t8-,9?,10-/m0/s1. The number of nitrogens with two attached hydrogens (primary N) is 1. The first-order chi connectivity index (χ1) is 6.95. The van der Waals surface area contributed by atoms with Crippen LogP contribution in [0.5, 0.6) is 0 Å². The zero-order valence-electron chi connectivity index (χ0n) is 10.5. The highest BCUT2D eigenvalue weighted by Gasteiger charge is 2.25. The fourth-order valence-corrected chi connectivity index (χ4v) is 1.30. The normalized spacial score (nSPS) is 16.9. The van der Waals surface area contributed by atoms with E-state index in [1.165, 1.54) is 0 Å². The third-order valence-electron chi connectivity index (χ3n) is 2.96. The maximum atomic E-state index is 11.9. The summed E-state index contributed by atoms with van der Waals surface area (Å²) >= 11 is 0. The Hall–Kier alpha value is -0.610. The molecule has 3 atom stereocenters. The zero-order chi connectivity index (χ0) is 12.0. The smallest absolute Gasteiger partial charge is 0.239 e. The monoisotopic (exact) mass is 216 g/mol. The van der Waals surface area contributed by atoms with Crippen LogP contribution in [0.25, 0.3) is 0 Å². The topological polar surface area (TPSA) is 55.6 Å². The lowest BCUT2D eigenvalue weighted by atomic mass is 9.98. The molecule has 0 heterocycles. The van der Waals surface area contributed by atoms with Crippen molar-refractivity contribution in [1.29, 1.82) is 0 Å². The van der Waals surface area contributed by atoms with Crippen LogP contribution in [0, 0.1) is 5.92 Å². The highest BCUT2D eigenvalue weighted by Crippen LogP contribution is 2.09. The van der Waals surface area contributed by atoms with Gasteiger partial charge in [0.2, 0.25) is 5.91 Å². The second-order valence-electron chi connectivity index (χ2n) is 4.16. The number of hydrogen-bond acceptors (Lipinski definition) is 3. The first kappa shape index (κ1) is 14.4. The van der Waals surface area contributed by atoms with Gasteiger partial charge in [0.05, 0.1) is 18.7 Å². The van der Waals surface area contributed by atoms with Crippen molar-refractivity contribution in [3.63, 3.8) is 0 Å². The Bertz CT molecular complexity index is 197. The van der Waals surface area contributed by atoms with Crippen molar-refractivity contribution >= 4 is 5.91 Å². The molecule has 0 saturated carbocycles. The van der Waals surface area contributed by atoms with Crippen molar-refractivity contribution < 1.29 is 9.53 Å². The van der Waals surface area contributed by atoms with Gasteiger partial charge in [-0.3, -0.25) is 4.79 Å². The third kappa shape index (κ3) is 4.18. The van der Waals surface area contributed by atoms with Crippen molar-refractivity contribution in [1.82, 2.24) is 4.90 Å². The molecule has 0 aliphatic carbocycles. The molecule has 0 aromatic heterocycles. The number of rotatable bonds is 6. The lowest BCUT2D eigenvalue weighted by Gasteiger charge is -2.29. The quantitative estimate of drug-likeness (QED) is 0.716. The maximum Gasteiger partial charge on any atom is 0.239 e. The van der Waals surface area contributed by atoms with Crippen molar-refractivity contribution in [2.45, 2.75) is 39.3 Å². The summed E-state index contributed by atoms with van der Waals surface area (Å²) in [6.45, 7) is 6.52. The Morgan fingerprint density at radius 1 is 1.47 bits per heavy atom. The van der Waals surface area contributed by atoms with Gasteiger partial charge in [-0.2, -0.15) is 0 Å². The van der Waals surface area contributed by atoms with E-state index in [9.17, 15) is 4.79 Å². The lowest BCUT2D eigenvalue weighted by Crippen LogP contribution is -2.49. The van der Waals surface area contributed by atoms with Gasteiger partial charge in [0, 0.05) is 14.2 Å². The van der Waals surface area contributed by atoms with E-state index in [2.05, 4.69) is 0 Å². The highest BCUT2D eigenvalue weighted by molar-refractivity contribution is 5.81. The molecule has 2 N–H and O–H groups in total. The molecule has 0 radical (unpaired) electrons. The number of amides is 1. The molecular formula is C11H24N2O2. The van der Waals surface area contributed by atoms with E-state index in [0.717, 1.165) is 6.42 Å². The van der Waals surface area contributed by atoms with Gasteiger partial charge < -0.3 is 15.4 Å².